The van der Waals surface area contributed by atoms with Crippen molar-refractivity contribution in [2.24, 2.45) is 0 Å². The predicted molar refractivity (Wildman–Crippen MR) is 88.9 cm³/mol. The van der Waals surface area contributed by atoms with Crippen molar-refractivity contribution in [3.8, 4) is 0 Å². The van der Waals surface area contributed by atoms with Crippen molar-refractivity contribution in [1.82, 2.24) is 15.0 Å². The summed E-state index contributed by atoms with van der Waals surface area (Å²) in [5.74, 6) is -1.67. The molecule has 8 nitrogen and oxygen atoms in total. The molecule has 1 heterocycles. The normalized spacial score (nSPS) is 15.0. The molecule has 1 aliphatic rings. The first kappa shape index (κ1) is 17.7. The van der Waals surface area contributed by atoms with Crippen molar-refractivity contribution >= 4 is 19.2 Å². The molecule has 0 fully saturated rings. The van der Waals surface area contributed by atoms with E-state index in [1.54, 1.807) is 45.0 Å². The summed E-state index contributed by atoms with van der Waals surface area (Å²) in [7, 11) is -3.58. The van der Waals surface area contributed by atoms with Gasteiger partial charge in [-0.2, -0.15) is 0 Å². The van der Waals surface area contributed by atoms with Crippen LogP contribution in [-0.4, -0.2) is 39.8 Å². The minimum atomic E-state index is -3.58. The molecule has 0 bridgehead atoms. The van der Waals surface area contributed by atoms with Gasteiger partial charge in [-0.3, -0.25) is 14.2 Å². The Balaban J connectivity index is 2.10. The van der Waals surface area contributed by atoms with Gasteiger partial charge in [0.2, 0.25) is 11.6 Å². The molecular weight excluding hydrogens is 345 g/mol. The number of hydrogen-bond donors (Lipinski definition) is 0. The summed E-state index contributed by atoms with van der Waals surface area (Å²) in [5, 5.41) is 7.76. The third-order valence-electron chi connectivity index (χ3n) is 3.97. The zero-order valence-corrected chi connectivity index (χ0v) is 15.0. The molecule has 0 saturated heterocycles. The number of carbonyl (C=O) groups is 2. The largest absolute Gasteiger partial charge is 0.354 e. The van der Waals surface area contributed by atoms with Crippen molar-refractivity contribution in [2.45, 2.75) is 26.6 Å². The second kappa shape index (κ2) is 6.63. The van der Waals surface area contributed by atoms with Crippen LogP contribution in [0.2, 0.25) is 0 Å². The Morgan fingerprint density at radius 3 is 2.20 bits per heavy atom. The van der Waals surface area contributed by atoms with Gasteiger partial charge in [-0.05, 0) is 20.8 Å². The zero-order chi connectivity index (χ0) is 18.2. The van der Waals surface area contributed by atoms with E-state index >= 15 is 0 Å². The van der Waals surface area contributed by atoms with Crippen LogP contribution < -0.4 is 0 Å². The number of nitrogens with zero attached hydrogens (tertiary/aromatic N) is 3. The third kappa shape index (κ3) is 2.76. The first-order chi connectivity index (χ1) is 11.9. The van der Waals surface area contributed by atoms with Crippen LogP contribution in [0.1, 0.15) is 58.7 Å². The van der Waals surface area contributed by atoms with E-state index in [0.717, 1.165) is 0 Å². The monoisotopic (exact) mass is 363 g/mol. The van der Waals surface area contributed by atoms with Crippen LogP contribution >= 0.6 is 7.60 Å². The molecule has 1 aliphatic carbocycles. The summed E-state index contributed by atoms with van der Waals surface area (Å²) in [6, 6.07) is 6.51. The predicted octanol–water partition coefficient (Wildman–Crippen LogP) is 2.84. The SMILES string of the molecule is CCOP(=O)(OCC)C(C)n1nnc2c1C(=O)c1ccccc1C2=O. The lowest BCUT2D eigenvalue weighted by molar-refractivity contribution is 0.0970. The molecule has 3 rings (SSSR count). The summed E-state index contributed by atoms with van der Waals surface area (Å²) < 4.78 is 24.8. The molecular formula is C16H18N3O5P. The fourth-order valence-corrected chi connectivity index (χ4v) is 4.46. The van der Waals surface area contributed by atoms with Gasteiger partial charge in [-0.25, -0.2) is 4.68 Å². The first-order valence-electron chi connectivity index (χ1n) is 7.97. The van der Waals surface area contributed by atoms with Gasteiger partial charge in [0.1, 0.15) is 5.69 Å². The number of hydrogen-bond acceptors (Lipinski definition) is 7. The Morgan fingerprint density at radius 2 is 1.64 bits per heavy atom. The highest BCUT2D eigenvalue weighted by Crippen LogP contribution is 2.58. The van der Waals surface area contributed by atoms with Crippen LogP contribution in [0.5, 0.6) is 0 Å². The second-order valence-electron chi connectivity index (χ2n) is 5.44. The van der Waals surface area contributed by atoms with E-state index < -0.39 is 13.4 Å². The maximum atomic E-state index is 13.0. The summed E-state index contributed by atoms with van der Waals surface area (Å²) in [4.78, 5) is 25.4. The van der Waals surface area contributed by atoms with Gasteiger partial charge in [0, 0.05) is 11.1 Å². The van der Waals surface area contributed by atoms with Crippen LogP contribution in [0.15, 0.2) is 24.3 Å². The average Bonchev–Trinajstić information content (AvgIpc) is 3.05. The fourth-order valence-electron chi connectivity index (χ4n) is 2.80. The maximum absolute atomic E-state index is 13.0. The molecule has 0 saturated carbocycles. The fraction of sp³-hybridized carbons (Fsp3) is 0.375. The highest BCUT2D eigenvalue weighted by atomic mass is 31.2. The number of carbonyl (C=O) groups excluding carboxylic acids is 2. The smallest absolute Gasteiger partial charge is 0.307 e. The van der Waals surface area contributed by atoms with E-state index in [1.165, 1.54) is 4.68 Å². The quantitative estimate of drug-likeness (QED) is 0.621. The molecule has 1 unspecified atom stereocenters. The van der Waals surface area contributed by atoms with Gasteiger partial charge < -0.3 is 9.05 Å². The van der Waals surface area contributed by atoms with E-state index in [2.05, 4.69) is 10.3 Å². The number of benzene rings is 1. The van der Waals surface area contributed by atoms with Gasteiger partial charge in [0.15, 0.2) is 11.5 Å². The van der Waals surface area contributed by atoms with Crippen molar-refractivity contribution in [3.63, 3.8) is 0 Å². The van der Waals surface area contributed by atoms with Gasteiger partial charge in [-0.1, -0.05) is 29.5 Å². The molecule has 0 amide bonds. The molecule has 2 aromatic rings. The number of aromatic nitrogens is 3. The van der Waals surface area contributed by atoms with Gasteiger partial charge in [0.05, 0.1) is 13.2 Å². The van der Waals surface area contributed by atoms with E-state index in [0.29, 0.717) is 0 Å². The lowest BCUT2D eigenvalue weighted by Crippen LogP contribution is -2.25. The molecule has 1 atom stereocenters. The molecule has 0 radical (unpaired) electrons. The Kier molecular flexibility index (Phi) is 4.69. The van der Waals surface area contributed by atoms with E-state index in [-0.39, 0.29) is 47.3 Å². The van der Waals surface area contributed by atoms with Gasteiger partial charge in [0.25, 0.3) is 0 Å². The topological polar surface area (TPSA) is 100 Å². The van der Waals surface area contributed by atoms with Crippen LogP contribution in [-0.2, 0) is 13.6 Å². The van der Waals surface area contributed by atoms with Gasteiger partial charge in [-0.15, -0.1) is 5.10 Å². The number of fused-ring (bicyclic) bond motifs is 2. The molecule has 0 aliphatic heterocycles. The van der Waals surface area contributed by atoms with Crippen LogP contribution in [0.3, 0.4) is 0 Å². The molecule has 0 N–H and O–H groups in total. The van der Waals surface area contributed by atoms with Crippen molar-refractivity contribution in [1.29, 1.82) is 0 Å². The van der Waals surface area contributed by atoms with Crippen molar-refractivity contribution < 1.29 is 23.2 Å². The third-order valence-corrected chi connectivity index (χ3v) is 6.34. The highest BCUT2D eigenvalue weighted by Gasteiger charge is 2.41. The lowest BCUT2D eigenvalue weighted by Gasteiger charge is -2.24. The summed E-state index contributed by atoms with van der Waals surface area (Å²) in [6.45, 7) is 5.31. The highest BCUT2D eigenvalue weighted by molar-refractivity contribution is 7.53. The van der Waals surface area contributed by atoms with Gasteiger partial charge >= 0.3 is 7.60 Å². The Hall–Kier alpha value is -2.15. The van der Waals surface area contributed by atoms with E-state index in [9.17, 15) is 14.2 Å². The Morgan fingerprint density at radius 1 is 1.08 bits per heavy atom. The van der Waals surface area contributed by atoms with Crippen LogP contribution in [0.4, 0.5) is 0 Å². The zero-order valence-electron chi connectivity index (χ0n) is 14.1. The first-order valence-corrected chi connectivity index (χ1v) is 9.58. The lowest BCUT2D eigenvalue weighted by atomic mass is 9.90. The molecule has 1 aromatic carbocycles. The molecule has 1 aromatic heterocycles. The summed E-state index contributed by atoms with van der Waals surface area (Å²) in [5.41, 5.74) is 0.529. The van der Waals surface area contributed by atoms with Crippen molar-refractivity contribution in [3.05, 3.63) is 46.8 Å². The summed E-state index contributed by atoms with van der Waals surface area (Å²) >= 11 is 0. The molecule has 25 heavy (non-hydrogen) atoms. The minimum absolute atomic E-state index is 0.0100. The number of ketones is 2. The van der Waals surface area contributed by atoms with E-state index in [1.807, 2.05) is 0 Å². The van der Waals surface area contributed by atoms with E-state index in [4.69, 9.17) is 9.05 Å². The standard InChI is InChI=1S/C16H18N3O5P/c1-4-23-25(22,24-5-2)10(3)19-14-13(17-18-19)15(20)11-8-6-7-9-12(11)16(14)21/h6-10H,4-5H2,1-3H3. The minimum Gasteiger partial charge on any atom is -0.307 e. The molecule has 0 spiro atoms. The summed E-state index contributed by atoms with van der Waals surface area (Å²) in [6.07, 6.45) is 0. The molecule has 9 heteroatoms. The van der Waals surface area contributed by atoms with Crippen molar-refractivity contribution in [2.75, 3.05) is 13.2 Å². The molecule has 132 valence electrons. The average molecular weight is 363 g/mol. The van der Waals surface area contributed by atoms with Crippen LogP contribution in [0, 0.1) is 0 Å². The number of rotatable bonds is 6. The van der Waals surface area contributed by atoms with Crippen LogP contribution in [0.25, 0.3) is 0 Å². The Bertz CT molecular complexity index is 882. The maximum Gasteiger partial charge on any atom is 0.354 e. The Labute approximate surface area is 144 Å². The second-order valence-corrected chi connectivity index (χ2v) is 7.79.